The van der Waals surface area contributed by atoms with E-state index in [1.165, 1.54) is 0 Å². The molecule has 0 aromatic carbocycles. The minimum Gasteiger partial charge on any atom is -0.366 e. The Bertz CT molecular complexity index is 490. The highest BCUT2D eigenvalue weighted by atomic mass is 16.5. The number of ether oxygens (including phenoxy) is 1. The third-order valence-corrected chi connectivity index (χ3v) is 4.38. The molecule has 120 valence electrons. The lowest BCUT2D eigenvalue weighted by atomic mass is 10.0. The van der Waals surface area contributed by atoms with Crippen molar-refractivity contribution >= 4 is 11.7 Å². The van der Waals surface area contributed by atoms with E-state index in [0.29, 0.717) is 12.6 Å². The molecule has 2 atom stereocenters. The molecule has 1 amide bonds. The molecular formula is C15H23N5O2. The predicted molar refractivity (Wildman–Crippen MR) is 82.2 cm³/mol. The van der Waals surface area contributed by atoms with Gasteiger partial charge in [-0.25, -0.2) is 0 Å². The Hall–Kier alpha value is -1.73. The van der Waals surface area contributed by atoms with Gasteiger partial charge in [-0.2, -0.15) is 5.10 Å². The number of amides is 1. The number of nitrogens with zero attached hydrogens (tertiary/aromatic N) is 3. The van der Waals surface area contributed by atoms with E-state index in [0.717, 1.165) is 44.6 Å². The number of anilines is 1. The highest BCUT2D eigenvalue weighted by molar-refractivity contribution is 5.81. The largest absolute Gasteiger partial charge is 0.366 e. The van der Waals surface area contributed by atoms with Gasteiger partial charge in [0, 0.05) is 31.9 Å². The molecule has 2 aliphatic heterocycles. The lowest BCUT2D eigenvalue weighted by Gasteiger charge is -2.33. The summed E-state index contributed by atoms with van der Waals surface area (Å²) in [7, 11) is 0. The van der Waals surface area contributed by atoms with Crippen LogP contribution in [0.15, 0.2) is 18.3 Å². The highest BCUT2D eigenvalue weighted by Gasteiger charge is 2.34. The van der Waals surface area contributed by atoms with E-state index < -0.39 is 0 Å². The van der Waals surface area contributed by atoms with Crippen LogP contribution in [0, 0.1) is 0 Å². The van der Waals surface area contributed by atoms with Crippen molar-refractivity contribution in [3.63, 3.8) is 0 Å². The fourth-order valence-corrected chi connectivity index (χ4v) is 3.10. The molecule has 1 aromatic rings. The van der Waals surface area contributed by atoms with Gasteiger partial charge in [-0.15, -0.1) is 5.10 Å². The minimum absolute atomic E-state index is 0.0461. The van der Waals surface area contributed by atoms with Crippen molar-refractivity contribution in [3.05, 3.63) is 18.3 Å². The molecular weight excluding hydrogens is 282 g/mol. The summed E-state index contributed by atoms with van der Waals surface area (Å²) >= 11 is 0. The Morgan fingerprint density at radius 2 is 2.18 bits per heavy atom. The molecule has 0 radical (unpaired) electrons. The van der Waals surface area contributed by atoms with E-state index in [-0.39, 0.29) is 18.1 Å². The molecule has 22 heavy (non-hydrogen) atoms. The second kappa shape index (κ2) is 7.02. The van der Waals surface area contributed by atoms with E-state index in [2.05, 4.69) is 15.5 Å². The van der Waals surface area contributed by atoms with E-state index >= 15 is 0 Å². The Morgan fingerprint density at radius 3 is 2.82 bits per heavy atom. The maximum atomic E-state index is 12.4. The zero-order valence-corrected chi connectivity index (χ0v) is 12.6. The molecule has 0 aliphatic carbocycles. The highest BCUT2D eigenvalue weighted by Crippen LogP contribution is 2.23. The first-order valence-corrected chi connectivity index (χ1v) is 7.95. The molecule has 0 unspecified atom stereocenters. The number of hydrogen-bond donors (Lipinski definition) is 2. The van der Waals surface area contributed by atoms with Gasteiger partial charge in [-0.05, 0) is 37.8 Å². The summed E-state index contributed by atoms with van der Waals surface area (Å²) in [6.45, 7) is 2.00. The molecule has 3 rings (SSSR count). The van der Waals surface area contributed by atoms with Gasteiger partial charge in [-0.3, -0.25) is 4.79 Å². The van der Waals surface area contributed by atoms with Crippen molar-refractivity contribution < 1.29 is 9.53 Å². The molecule has 2 aliphatic rings. The molecule has 7 heteroatoms. The first-order valence-electron chi connectivity index (χ1n) is 7.95. The normalized spacial score (nSPS) is 26.1. The van der Waals surface area contributed by atoms with Crippen molar-refractivity contribution in [2.24, 2.45) is 5.73 Å². The van der Waals surface area contributed by atoms with E-state index in [4.69, 9.17) is 10.5 Å². The van der Waals surface area contributed by atoms with Crippen LogP contribution in [0.1, 0.15) is 25.7 Å². The van der Waals surface area contributed by atoms with Crippen LogP contribution in [0.2, 0.25) is 0 Å². The van der Waals surface area contributed by atoms with Gasteiger partial charge >= 0.3 is 0 Å². The maximum absolute atomic E-state index is 12.4. The van der Waals surface area contributed by atoms with Crippen LogP contribution in [0.25, 0.3) is 0 Å². The van der Waals surface area contributed by atoms with Gasteiger partial charge in [0.15, 0.2) is 0 Å². The number of nitrogens with one attached hydrogen (secondary N) is 1. The molecule has 7 nitrogen and oxygen atoms in total. The lowest BCUT2D eigenvalue weighted by Crippen LogP contribution is -2.46. The number of carbonyl (C=O) groups is 1. The molecule has 3 N–H and O–H groups in total. The Morgan fingerprint density at radius 1 is 1.36 bits per heavy atom. The van der Waals surface area contributed by atoms with E-state index in [1.54, 1.807) is 6.20 Å². The topological polar surface area (TPSA) is 93.4 Å². The third-order valence-electron chi connectivity index (χ3n) is 4.38. The maximum Gasteiger partial charge on any atom is 0.251 e. The number of likely N-dealkylation sites (tertiary alicyclic amines) is 1. The monoisotopic (exact) mass is 305 g/mol. The number of aromatic nitrogens is 2. The van der Waals surface area contributed by atoms with Crippen LogP contribution in [-0.2, 0) is 9.53 Å². The average molecular weight is 305 g/mol. The molecule has 2 saturated heterocycles. The second-order valence-corrected chi connectivity index (χ2v) is 5.91. The van der Waals surface area contributed by atoms with Crippen LogP contribution < -0.4 is 11.1 Å². The van der Waals surface area contributed by atoms with Crippen molar-refractivity contribution in [1.82, 2.24) is 15.1 Å². The van der Waals surface area contributed by atoms with E-state index in [1.807, 2.05) is 17.0 Å². The van der Waals surface area contributed by atoms with Gasteiger partial charge in [0.25, 0.3) is 5.91 Å². The quantitative estimate of drug-likeness (QED) is 0.835. The van der Waals surface area contributed by atoms with Gasteiger partial charge in [0.05, 0.1) is 6.10 Å². The van der Waals surface area contributed by atoms with Gasteiger partial charge in [-0.1, -0.05) is 0 Å². The molecule has 0 saturated carbocycles. The number of carbonyl (C=O) groups excluding carboxylic acids is 1. The fraction of sp³-hybridized carbons (Fsp3) is 0.667. The number of piperidine rings is 1. The summed E-state index contributed by atoms with van der Waals surface area (Å²) in [5, 5.41) is 11.3. The zero-order valence-electron chi connectivity index (χ0n) is 12.6. The Labute approximate surface area is 130 Å². The molecule has 0 spiro atoms. The summed E-state index contributed by atoms with van der Waals surface area (Å²) in [6.07, 6.45) is 4.91. The lowest BCUT2D eigenvalue weighted by molar-refractivity contribution is -0.143. The van der Waals surface area contributed by atoms with Crippen LogP contribution in [0.3, 0.4) is 0 Å². The SMILES string of the molecule is NC[C@H]1CC[C@@H](C(=O)N2CCC(Nc3cccnn3)CC2)O1. The predicted octanol–water partition coefficient (Wildman–Crippen LogP) is 0.386. The Kier molecular flexibility index (Phi) is 4.84. The van der Waals surface area contributed by atoms with Crippen molar-refractivity contribution in [2.75, 3.05) is 25.0 Å². The Balaban J connectivity index is 1.46. The van der Waals surface area contributed by atoms with Gasteiger partial charge < -0.3 is 20.7 Å². The van der Waals surface area contributed by atoms with Crippen LogP contribution in [-0.4, -0.2) is 58.9 Å². The van der Waals surface area contributed by atoms with Gasteiger partial charge in [0.2, 0.25) is 0 Å². The molecule has 1 aromatic heterocycles. The summed E-state index contributed by atoms with van der Waals surface area (Å²) in [6, 6.07) is 4.10. The smallest absolute Gasteiger partial charge is 0.251 e. The standard InChI is InChI=1S/C15H23N5O2/c16-10-12-3-4-13(22-12)15(21)20-8-5-11(6-9-20)18-14-2-1-7-17-19-14/h1-2,7,11-13H,3-6,8-10,16H2,(H,18,19)/t12-,13+/m1/s1. The number of hydrogen-bond acceptors (Lipinski definition) is 6. The average Bonchev–Trinajstić information content (AvgIpc) is 3.05. The number of nitrogens with two attached hydrogens (primary N) is 1. The molecule has 2 fully saturated rings. The van der Waals surface area contributed by atoms with Crippen molar-refractivity contribution in [3.8, 4) is 0 Å². The zero-order chi connectivity index (χ0) is 15.4. The summed E-state index contributed by atoms with van der Waals surface area (Å²) in [5.41, 5.74) is 5.60. The third kappa shape index (κ3) is 3.53. The first kappa shape index (κ1) is 15.2. The summed E-state index contributed by atoms with van der Waals surface area (Å²) < 4.78 is 5.70. The fourth-order valence-electron chi connectivity index (χ4n) is 3.10. The van der Waals surface area contributed by atoms with Crippen molar-refractivity contribution in [1.29, 1.82) is 0 Å². The van der Waals surface area contributed by atoms with Crippen LogP contribution in [0.5, 0.6) is 0 Å². The summed E-state index contributed by atoms with van der Waals surface area (Å²) in [5.74, 6) is 0.908. The number of rotatable bonds is 4. The van der Waals surface area contributed by atoms with E-state index in [9.17, 15) is 4.79 Å². The van der Waals surface area contributed by atoms with Crippen molar-refractivity contribution in [2.45, 2.75) is 43.9 Å². The first-order chi connectivity index (χ1) is 10.8. The summed E-state index contributed by atoms with van der Waals surface area (Å²) in [4.78, 5) is 14.4. The van der Waals surface area contributed by atoms with Crippen LogP contribution in [0.4, 0.5) is 5.82 Å². The molecule has 3 heterocycles. The minimum atomic E-state index is -0.293. The van der Waals surface area contributed by atoms with Crippen LogP contribution >= 0.6 is 0 Å². The van der Waals surface area contributed by atoms with Gasteiger partial charge in [0.1, 0.15) is 11.9 Å². The second-order valence-electron chi connectivity index (χ2n) is 5.91. The molecule has 0 bridgehead atoms.